The van der Waals surface area contributed by atoms with Gasteiger partial charge in [-0.15, -0.1) is 0 Å². The average molecular weight is 460 g/mol. The first kappa shape index (κ1) is 21.8. The number of likely N-dealkylation sites (tertiary alicyclic amines) is 1. The summed E-state index contributed by atoms with van der Waals surface area (Å²) in [6, 6.07) is 13.3. The first-order valence-corrected chi connectivity index (χ1v) is 11.3. The van der Waals surface area contributed by atoms with Crippen molar-refractivity contribution in [3.63, 3.8) is 0 Å². The fourth-order valence-electron chi connectivity index (χ4n) is 4.57. The number of aromatic amines is 1. The number of fused-ring (bicyclic) bond motifs is 1. The molecule has 1 fully saturated rings. The Labute approximate surface area is 196 Å². The number of benzene rings is 2. The number of ether oxygens (including phenoxy) is 1. The van der Waals surface area contributed by atoms with Crippen LogP contribution in [0.4, 0.5) is 4.39 Å². The summed E-state index contributed by atoms with van der Waals surface area (Å²) >= 11 is 0. The molecular weight excluding hydrogens is 433 g/mol. The molecule has 1 amide bonds. The maximum absolute atomic E-state index is 13.9. The van der Waals surface area contributed by atoms with Crippen LogP contribution in [0.3, 0.4) is 0 Å². The van der Waals surface area contributed by atoms with Gasteiger partial charge in [0.25, 0.3) is 5.91 Å². The topological polar surface area (TPSA) is 88.7 Å². The molecule has 3 heterocycles. The molecule has 0 radical (unpaired) electrons. The van der Waals surface area contributed by atoms with Gasteiger partial charge in [0.15, 0.2) is 22.9 Å². The molecule has 4 aromatic rings. The van der Waals surface area contributed by atoms with Crippen LogP contribution >= 0.6 is 0 Å². The molecule has 0 aliphatic carbocycles. The number of hydrogen-bond acceptors (Lipinski definition) is 4. The third-order valence-corrected chi connectivity index (χ3v) is 6.24. The Morgan fingerprint density at radius 3 is 2.59 bits per heavy atom. The van der Waals surface area contributed by atoms with E-state index in [2.05, 4.69) is 22.3 Å². The van der Waals surface area contributed by atoms with Gasteiger partial charge < -0.3 is 15.4 Å². The first-order chi connectivity index (χ1) is 16.5. The molecule has 5 rings (SSSR count). The summed E-state index contributed by atoms with van der Waals surface area (Å²) in [5.74, 6) is -0.0235. The molecule has 2 aromatic carbocycles. The SMILES string of the molecule is CC=CN1CCC(c2c[nH]n3c(C(N)=O)c(-c4ccc(Oc5ccccc5F)cc4)nc23)CC1. The monoisotopic (exact) mass is 459 g/mol. The second kappa shape index (κ2) is 9.05. The molecule has 34 heavy (non-hydrogen) atoms. The number of piperidine rings is 1. The average Bonchev–Trinajstić information content (AvgIpc) is 3.41. The van der Waals surface area contributed by atoms with E-state index in [0.29, 0.717) is 23.1 Å². The van der Waals surface area contributed by atoms with Crippen LogP contribution in [0.1, 0.15) is 41.7 Å². The summed E-state index contributed by atoms with van der Waals surface area (Å²) in [4.78, 5) is 19.5. The molecule has 0 saturated carbocycles. The van der Waals surface area contributed by atoms with Crippen LogP contribution in [-0.4, -0.2) is 38.5 Å². The lowest BCUT2D eigenvalue weighted by Crippen LogP contribution is -2.28. The molecule has 3 N–H and O–H groups in total. The lowest BCUT2D eigenvalue weighted by Gasteiger charge is -2.30. The van der Waals surface area contributed by atoms with Crippen LogP contribution in [-0.2, 0) is 0 Å². The zero-order valence-corrected chi connectivity index (χ0v) is 18.9. The number of rotatable bonds is 6. The summed E-state index contributed by atoms with van der Waals surface area (Å²) < 4.78 is 21.2. The van der Waals surface area contributed by atoms with E-state index >= 15 is 0 Å². The molecule has 0 atom stereocenters. The van der Waals surface area contributed by atoms with Crippen molar-refractivity contribution in [1.82, 2.24) is 19.5 Å². The van der Waals surface area contributed by atoms with E-state index in [1.165, 1.54) is 6.07 Å². The Bertz CT molecular complexity index is 1350. The standard InChI is InChI=1S/C26H26FN5O2/c1-2-13-31-14-11-17(12-15-31)20-16-29-32-24(25(28)33)23(30-26(20)32)18-7-9-19(10-8-18)34-22-6-4-3-5-21(22)27/h2-10,13,16-17,29H,11-12,14-15H2,1H3,(H2,28,33). The van der Waals surface area contributed by atoms with Crippen LogP contribution < -0.4 is 10.5 Å². The number of aromatic nitrogens is 3. The zero-order chi connectivity index (χ0) is 23.7. The number of para-hydroxylation sites is 1. The van der Waals surface area contributed by atoms with Crippen molar-refractivity contribution in [3.8, 4) is 22.8 Å². The fourth-order valence-corrected chi connectivity index (χ4v) is 4.57. The van der Waals surface area contributed by atoms with E-state index in [1.807, 2.05) is 13.1 Å². The van der Waals surface area contributed by atoms with E-state index in [4.69, 9.17) is 15.5 Å². The number of nitrogens with one attached hydrogen (secondary N) is 1. The molecule has 1 aliphatic heterocycles. The normalized spacial score (nSPS) is 14.8. The third kappa shape index (κ3) is 4.03. The molecule has 0 spiro atoms. The van der Waals surface area contributed by atoms with Crippen molar-refractivity contribution < 1.29 is 13.9 Å². The van der Waals surface area contributed by atoms with Crippen LogP contribution in [0.5, 0.6) is 11.5 Å². The van der Waals surface area contributed by atoms with Gasteiger partial charge in [-0.05, 0) is 68.3 Å². The number of amides is 1. The van der Waals surface area contributed by atoms with Gasteiger partial charge in [0.1, 0.15) is 11.4 Å². The van der Waals surface area contributed by atoms with Gasteiger partial charge in [-0.1, -0.05) is 18.2 Å². The molecule has 1 aliphatic rings. The van der Waals surface area contributed by atoms with E-state index in [1.54, 1.807) is 47.0 Å². The summed E-state index contributed by atoms with van der Waals surface area (Å²) in [7, 11) is 0. The summed E-state index contributed by atoms with van der Waals surface area (Å²) in [5.41, 5.74) is 9.09. The van der Waals surface area contributed by atoms with Gasteiger partial charge in [-0.2, -0.15) is 0 Å². The molecule has 0 bridgehead atoms. The van der Waals surface area contributed by atoms with Crippen molar-refractivity contribution in [1.29, 1.82) is 0 Å². The Morgan fingerprint density at radius 1 is 1.18 bits per heavy atom. The van der Waals surface area contributed by atoms with Gasteiger partial charge in [0, 0.05) is 30.4 Å². The minimum Gasteiger partial charge on any atom is -0.454 e. The zero-order valence-electron chi connectivity index (χ0n) is 18.9. The summed E-state index contributed by atoms with van der Waals surface area (Å²) in [5, 5.41) is 3.17. The molecule has 174 valence electrons. The van der Waals surface area contributed by atoms with Crippen LogP contribution in [0, 0.1) is 5.82 Å². The predicted octanol–water partition coefficient (Wildman–Crippen LogP) is 5.07. The highest BCUT2D eigenvalue weighted by molar-refractivity contribution is 5.98. The van der Waals surface area contributed by atoms with E-state index < -0.39 is 11.7 Å². The Kier molecular flexibility index (Phi) is 5.79. The second-order valence-corrected chi connectivity index (χ2v) is 8.41. The van der Waals surface area contributed by atoms with E-state index in [0.717, 1.165) is 42.7 Å². The van der Waals surface area contributed by atoms with Gasteiger partial charge in [0.2, 0.25) is 0 Å². The molecular formula is C26H26FN5O2. The third-order valence-electron chi connectivity index (χ3n) is 6.24. The summed E-state index contributed by atoms with van der Waals surface area (Å²) in [6.07, 6.45) is 8.13. The number of carbonyl (C=O) groups excluding carboxylic acids is 1. The molecule has 8 heteroatoms. The predicted molar refractivity (Wildman–Crippen MR) is 128 cm³/mol. The van der Waals surface area contributed by atoms with Crippen molar-refractivity contribution in [2.24, 2.45) is 5.73 Å². The largest absolute Gasteiger partial charge is 0.454 e. The number of primary amides is 1. The maximum atomic E-state index is 13.9. The first-order valence-electron chi connectivity index (χ1n) is 11.3. The van der Waals surface area contributed by atoms with Crippen molar-refractivity contribution in [2.45, 2.75) is 25.7 Å². The fraction of sp³-hybridized carbons (Fsp3) is 0.231. The van der Waals surface area contributed by atoms with Gasteiger partial charge >= 0.3 is 0 Å². The molecule has 7 nitrogen and oxygen atoms in total. The highest BCUT2D eigenvalue weighted by Gasteiger charge is 2.27. The molecule has 2 aromatic heterocycles. The number of imidazole rings is 1. The van der Waals surface area contributed by atoms with Gasteiger partial charge in [-0.25, -0.2) is 13.9 Å². The van der Waals surface area contributed by atoms with E-state index in [-0.39, 0.29) is 5.75 Å². The number of nitrogens with zero attached hydrogens (tertiary/aromatic N) is 3. The van der Waals surface area contributed by atoms with E-state index in [9.17, 15) is 9.18 Å². The molecule has 0 unspecified atom stereocenters. The lowest BCUT2D eigenvalue weighted by atomic mass is 9.91. The second-order valence-electron chi connectivity index (χ2n) is 8.41. The van der Waals surface area contributed by atoms with Gasteiger partial charge in [0.05, 0.1) is 0 Å². The minimum absolute atomic E-state index is 0.147. The van der Waals surface area contributed by atoms with Crippen molar-refractivity contribution in [3.05, 3.63) is 84.1 Å². The highest BCUT2D eigenvalue weighted by atomic mass is 19.1. The number of halogens is 1. The van der Waals surface area contributed by atoms with Crippen LogP contribution in [0.2, 0.25) is 0 Å². The Hall–Kier alpha value is -4.07. The number of carbonyl (C=O) groups is 1. The summed E-state index contributed by atoms with van der Waals surface area (Å²) in [6.45, 7) is 3.98. The van der Waals surface area contributed by atoms with Crippen molar-refractivity contribution >= 4 is 11.6 Å². The Balaban J connectivity index is 1.45. The number of allylic oxidation sites excluding steroid dienone is 1. The number of nitrogens with two attached hydrogens (primary N) is 1. The smallest absolute Gasteiger partial charge is 0.269 e. The van der Waals surface area contributed by atoms with Crippen molar-refractivity contribution in [2.75, 3.05) is 13.1 Å². The minimum atomic E-state index is -0.564. The molecule has 1 saturated heterocycles. The maximum Gasteiger partial charge on any atom is 0.269 e. The quantitative estimate of drug-likeness (QED) is 0.421. The van der Waals surface area contributed by atoms with Gasteiger partial charge in [-0.3, -0.25) is 9.89 Å². The lowest BCUT2D eigenvalue weighted by molar-refractivity contribution is 0.0994. The number of hydrogen-bond donors (Lipinski definition) is 2. The van der Waals surface area contributed by atoms with Crippen LogP contribution in [0.15, 0.2) is 67.0 Å². The Morgan fingerprint density at radius 2 is 1.91 bits per heavy atom. The van der Waals surface area contributed by atoms with Crippen LogP contribution in [0.25, 0.3) is 16.9 Å². The number of H-pyrrole nitrogens is 1. The highest BCUT2D eigenvalue weighted by Crippen LogP contribution is 2.34.